The van der Waals surface area contributed by atoms with Crippen LogP contribution in [0.3, 0.4) is 0 Å². The summed E-state index contributed by atoms with van der Waals surface area (Å²) in [6, 6.07) is 0. The van der Waals surface area contributed by atoms with Crippen molar-refractivity contribution in [3.63, 3.8) is 0 Å². The number of carbonyl (C=O) groups is 1. The van der Waals surface area contributed by atoms with Crippen molar-refractivity contribution >= 4 is 5.97 Å². The van der Waals surface area contributed by atoms with E-state index in [9.17, 15) is 0 Å². The van der Waals surface area contributed by atoms with Gasteiger partial charge in [-0.1, -0.05) is 0 Å². The normalized spacial score (nSPS) is 4.17. The molecule has 42 valence electrons. The van der Waals surface area contributed by atoms with Gasteiger partial charge in [-0.05, 0) is 0 Å². The van der Waals surface area contributed by atoms with Crippen molar-refractivity contribution in [1.29, 1.82) is 0 Å². The summed E-state index contributed by atoms with van der Waals surface area (Å²) in [5.74, 6) is -0.833. The van der Waals surface area contributed by atoms with Gasteiger partial charge in [-0.2, -0.15) is 0 Å². The van der Waals surface area contributed by atoms with Crippen LogP contribution >= 0.6 is 0 Å². The molecule has 0 heterocycles. The zero-order chi connectivity index (χ0) is 3.58. The Kier molecular flexibility index (Phi) is 24.5. The van der Waals surface area contributed by atoms with Crippen molar-refractivity contribution in [2.75, 3.05) is 0 Å². The third kappa shape index (κ3) is 2320. The van der Waals surface area contributed by atoms with E-state index in [4.69, 9.17) is 9.90 Å². The average molecular weight is 182 g/mol. The number of hydrogen-bond donors (Lipinski definition) is 1. The van der Waals surface area contributed by atoms with Gasteiger partial charge in [0.05, 0.1) is 0 Å². The Balaban J connectivity index is -0.0000000450. The summed E-state index contributed by atoms with van der Waals surface area (Å²) >= 11 is 0. The fraction of sp³-hybridized carbons (Fsp3) is 0.333. The third-order valence-corrected chi connectivity index (χ3v) is 0. The predicted octanol–water partition coefficient (Wildman–Crippen LogP) is 0.539. The van der Waals surface area contributed by atoms with Crippen molar-refractivity contribution in [3.05, 3.63) is 7.43 Å². The number of carboxylic acid groups (broad SMARTS) is 1. The molecule has 0 saturated heterocycles. The number of carboxylic acids is 1. The van der Waals surface area contributed by atoms with Gasteiger partial charge in [0.1, 0.15) is 0 Å². The van der Waals surface area contributed by atoms with Gasteiger partial charge in [0.25, 0.3) is 5.97 Å². The zero-order valence-electron chi connectivity index (χ0n) is 3.67. The van der Waals surface area contributed by atoms with Crippen LogP contribution in [0.15, 0.2) is 0 Å². The zero-order valence-corrected chi connectivity index (χ0v) is 5.23. The molecule has 0 unspecified atom stereocenters. The molecule has 0 aromatic rings. The molecule has 0 radical (unpaired) electrons. The first-order valence-corrected chi connectivity index (χ1v) is 0.928. The molecule has 2 nitrogen and oxygen atoms in total. The van der Waals surface area contributed by atoms with Crippen molar-refractivity contribution in [1.82, 2.24) is 0 Å². The Morgan fingerprint density at radius 2 is 1.67 bits per heavy atom. The van der Waals surface area contributed by atoms with Gasteiger partial charge < -0.3 is 12.5 Å². The van der Waals surface area contributed by atoms with Crippen molar-refractivity contribution in [2.45, 2.75) is 6.92 Å². The van der Waals surface area contributed by atoms with Crippen molar-refractivity contribution in [2.24, 2.45) is 0 Å². The first-order chi connectivity index (χ1) is 1.73. The molecule has 0 bridgehead atoms. The van der Waals surface area contributed by atoms with Crippen LogP contribution < -0.4 is 0 Å². The van der Waals surface area contributed by atoms with E-state index in [-0.39, 0.29) is 27.8 Å². The van der Waals surface area contributed by atoms with E-state index in [1.165, 1.54) is 0 Å². The van der Waals surface area contributed by atoms with Crippen LogP contribution in [0.2, 0.25) is 0 Å². The molecule has 0 aromatic heterocycles. The van der Waals surface area contributed by atoms with Crippen molar-refractivity contribution < 1.29 is 30.3 Å². The Hall–Kier alpha value is 0.132. The number of hydrogen-bond acceptors (Lipinski definition) is 1. The van der Waals surface area contributed by atoms with Gasteiger partial charge >= 0.3 is 0 Å². The van der Waals surface area contributed by atoms with E-state index in [1.807, 2.05) is 0 Å². The molecule has 0 aromatic carbocycles. The Labute approximate surface area is 51.2 Å². The standard InChI is InChI=1S/C2H4O2.CH3.Pd/c1-2(3)4;;/h1H3,(H,3,4);1H3;/q;-1;. The van der Waals surface area contributed by atoms with E-state index >= 15 is 0 Å². The summed E-state index contributed by atoms with van der Waals surface area (Å²) in [6.45, 7) is 1.08. The van der Waals surface area contributed by atoms with Crippen LogP contribution in [-0.4, -0.2) is 11.1 Å². The summed E-state index contributed by atoms with van der Waals surface area (Å²) in [5.41, 5.74) is 0. The van der Waals surface area contributed by atoms with Crippen LogP contribution in [0.4, 0.5) is 0 Å². The number of aliphatic carboxylic acids is 1. The van der Waals surface area contributed by atoms with E-state index in [1.54, 1.807) is 0 Å². The second-order valence-electron chi connectivity index (χ2n) is 0.519. The molecule has 0 aliphatic heterocycles. The first-order valence-electron chi connectivity index (χ1n) is 0.928. The summed E-state index contributed by atoms with van der Waals surface area (Å²) in [7, 11) is 0. The minimum absolute atomic E-state index is 0. The van der Waals surface area contributed by atoms with Gasteiger partial charge in [0, 0.05) is 27.3 Å². The predicted molar refractivity (Wildman–Crippen MR) is 19.7 cm³/mol. The van der Waals surface area contributed by atoms with E-state index in [0.717, 1.165) is 6.92 Å². The topological polar surface area (TPSA) is 37.3 Å². The third-order valence-electron chi connectivity index (χ3n) is 0. The fourth-order valence-electron chi connectivity index (χ4n) is 0. The van der Waals surface area contributed by atoms with Gasteiger partial charge in [-0.15, -0.1) is 0 Å². The molecule has 0 amide bonds. The Morgan fingerprint density at radius 1 is 1.67 bits per heavy atom. The van der Waals surface area contributed by atoms with Crippen molar-refractivity contribution in [3.8, 4) is 0 Å². The van der Waals surface area contributed by atoms with Crippen LogP contribution in [-0.2, 0) is 25.2 Å². The average Bonchev–Trinajstić information content (AvgIpc) is 0.811. The molecule has 3 heteroatoms. The van der Waals surface area contributed by atoms with Crippen LogP contribution in [0.25, 0.3) is 0 Å². The second kappa shape index (κ2) is 8.93. The summed E-state index contributed by atoms with van der Waals surface area (Å²) in [4.78, 5) is 9.00. The van der Waals surface area contributed by atoms with Gasteiger partial charge in [-0.3, -0.25) is 4.79 Å². The van der Waals surface area contributed by atoms with Crippen LogP contribution in [0.5, 0.6) is 0 Å². The monoisotopic (exact) mass is 181 g/mol. The molecular weight excluding hydrogens is 174 g/mol. The SMILES string of the molecule is CC(=O)O.[CH3-].[Pd]. The largest absolute Gasteiger partial charge is 0.481 e. The molecule has 0 aliphatic carbocycles. The quantitative estimate of drug-likeness (QED) is 0.438. The first kappa shape index (κ1) is 16.5. The molecule has 1 N–H and O–H groups in total. The molecule has 0 spiro atoms. The van der Waals surface area contributed by atoms with Gasteiger partial charge in [0.2, 0.25) is 0 Å². The second-order valence-corrected chi connectivity index (χ2v) is 0.519. The van der Waals surface area contributed by atoms with E-state index in [0.29, 0.717) is 0 Å². The van der Waals surface area contributed by atoms with Gasteiger partial charge in [0.15, 0.2) is 0 Å². The maximum atomic E-state index is 9.00. The van der Waals surface area contributed by atoms with Crippen LogP contribution in [0, 0.1) is 7.43 Å². The number of rotatable bonds is 0. The maximum absolute atomic E-state index is 9.00. The summed E-state index contributed by atoms with van der Waals surface area (Å²) in [6.07, 6.45) is 0. The molecule has 0 saturated carbocycles. The smallest absolute Gasteiger partial charge is 0.300 e. The minimum atomic E-state index is -0.833. The molecular formula is C3H7O2Pd-. The molecule has 6 heavy (non-hydrogen) atoms. The maximum Gasteiger partial charge on any atom is 0.300 e. The summed E-state index contributed by atoms with van der Waals surface area (Å²) in [5, 5.41) is 7.42. The Morgan fingerprint density at radius 3 is 1.67 bits per heavy atom. The van der Waals surface area contributed by atoms with E-state index < -0.39 is 5.97 Å². The van der Waals surface area contributed by atoms with E-state index in [2.05, 4.69) is 0 Å². The summed E-state index contributed by atoms with van der Waals surface area (Å²) < 4.78 is 0. The Bertz CT molecular complexity index is 31.8. The molecule has 0 fully saturated rings. The molecule has 0 aliphatic rings. The molecule has 0 rings (SSSR count). The fourth-order valence-corrected chi connectivity index (χ4v) is 0. The van der Waals surface area contributed by atoms with Crippen LogP contribution in [0.1, 0.15) is 6.92 Å². The molecule has 0 atom stereocenters. The van der Waals surface area contributed by atoms with Gasteiger partial charge in [-0.25, -0.2) is 0 Å². The minimum Gasteiger partial charge on any atom is -0.481 e.